The molecule has 0 radical (unpaired) electrons. The number of ether oxygens (including phenoxy) is 2. The zero-order valence-corrected chi connectivity index (χ0v) is 11.0. The Hall–Kier alpha value is -0.580. The van der Waals surface area contributed by atoms with Gasteiger partial charge in [0, 0.05) is 18.2 Å². The van der Waals surface area contributed by atoms with Gasteiger partial charge in [0.05, 0.1) is 6.61 Å². The van der Waals surface area contributed by atoms with Crippen molar-refractivity contribution in [3.8, 4) is 5.75 Å². The molecule has 0 aliphatic heterocycles. The number of benzene rings is 1. The summed E-state index contributed by atoms with van der Waals surface area (Å²) >= 11 is 3.48. The van der Waals surface area contributed by atoms with E-state index in [0.717, 1.165) is 28.6 Å². The number of hydrogen-bond donors (Lipinski definition) is 1. The van der Waals surface area contributed by atoms with Gasteiger partial charge in [-0.25, -0.2) is 0 Å². The summed E-state index contributed by atoms with van der Waals surface area (Å²) in [7, 11) is 1.65. The van der Waals surface area contributed by atoms with E-state index < -0.39 is 0 Å². The smallest absolute Gasteiger partial charge is 0.119 e. The molecule has 1 rings (SSSR count). The van der Waals surface area contributed by atoms with Crippen LogP contribution >= 0.6 is 15.9 Å². The first-order valence-corrected chi connectivity index (χ1v) is 6.08. The number of halogens is 1. The molecule has 0 bridgehead atoms. The Balaban J connectivity index is 2.58. The SMILES string of the molecule is COCCOc1ccc(Br)c(CCCO)c1. The lowest BCUT2D eigenvalue weighted by molar-refractivity contribution is 0.146. The predicted octanol–water partition coefficient (Wildman–Crippen LogP) is 2.40. The van der Waals surface area contributed by atoms with Gasteiger partial charge in [0.25, 0.3) is 0 Å². The summed E-state index contributed by atoms with van der Waals surface area (Å²) in [6, 6.07) is 5.88. The lowest BCUT2D eigenvalue weighted by atomic mass is 10.1. The molecule has 1 aromatic carbocycles. The van der Waals surface area contributed by atoms with E-state index in [1.165, 1.54) is 0 Å². The van der Waals surface area contributed by atoms with Crippen molar-refractivity contribution in [3.05, 3.63) is 28.2 Å². The van der Waals surface area contributed by atoms with Crippen molar-refractivity contribution < 1.29 is 14.6 Å². The summed E-state index contributed by atoms with van der Waals surface area (Å²) in [6.07, 6.45) is 1.61. The van der Waals surface area contributed by atoms with Crippen molar-refractivity contribution in [2.45, 2.75) is 12.8 Å². The molecule has 90 valence electrons. The first kappa shape index (κ1) is 13.5. The first-order chi connectivity index (χ1) is 7.77. The van der Waals surface area contributed by atoms with E-state index in [-0.39, 0.29) is 6.61 Å². The van der Waals surface area contributed by atoms with E-state index in [1.54, 1.807) is 7.11 Å². The normalized spacial score (nSPS) is 10.4. The number of aliphatic hydroxyl groups is 1. The molecule has 0 unspecified atom stereocenters. The van der Waals surface area contributed by atoms with Crippen LogP contribution in [0.4, 0.5) is 0 Å². The Morgan fingerprint density at radius 1 is 1.31 bits per heavy atom. The molecule has 0 spiro atoms. The van der Waals surface area contributed by atoms with Crippen LogP contribution in [0.25, 0.3) is 0 Å². The van der Waals surface area contributed by atoms with Crippen molar-refractivity contribution in [3.63, 3.8) is 0 Å². The van der Waals surface area contributed by atoms with Gasteiger partial charge in [-0.2, -0.15) is 0 Å². The Morgan fingerprint density at radius 3 is 2.81 bits per heavy atom. The van der Waals surface area contributed by atoms with Crippen molar-refractivity contribution in [1.29, 1.82) is 0 Å². The van der Waals surface area contributed by atoms with Crippen LogP contribution in [-0.4, -0.2) is 32.0 Å². The van der Waals surface area contributed by atoms with Gasteiger partial charge in [-0.3, -0.25) is 0 Å². The molecular formula is C12H17BrO3. The number of aryl methyl sites for hydroxylation is 1. The maximum Gasteiger partial charge on any atom is 0.119 e. The standard InChI is InChI=1S/C12H17BrO3/c1-15-7-8-16-11-4-5-12(13)10(9-11)3-2-6-14/h4-5,9,14H,2-3,6-8H2,1H3. The highest BCUT2D eigenvalue weighted by Crippen LogP contribution is 2.23. The van der Waals surface area contributed by atoms with Crippen molar-refractivity contribution in [2.24, 2.45) is 0 Å². The Morgan fingerprint density at radius 2 is 2.12 bits per heavy atom. The number of hydrogen-bond acceptors (Lipinski definition) is 3. The summed E-state index contributed by atoms with van der Waals surface area (Å²) < 4.78 is 11.5. The minimum atomic E-state index is 0.210. The Bertz CT molecular complexity index is 315. The van der Waals surface area contributed by atoms with Crippen LogP contribution in [0.3, 0.4) is 0 Å². The quantitative estimate of drug-likeness (QED) is 0.783. The van der Waals surface area contributed by atoms with E-state index in [2.05, 4.69) is 15.9 Å². The van der Waals surface area contributed by atoms with Gasteiger partial charge in [0.2, 0.25) is 0 Å². The molecule has 0 aliphatic rings. The third kappa shape index (κ3) is 4.51. The zero-order valence-electron chi connectivity index (χ0n) is 9.41. The summed E-state index contributed by atoms with van der Waals surface area (Å²) in [4.78, 5) is 0. The van der Waals surface area contributed by atoms with E-state index >= 15 is 0 Å². The number of rotatable bonds is 7. The van der Waals surface area contributed by atoms with Crippen molar-refractivity contribution >= 4 is 15.9 Å². The Labute approximate surface area is 105 Å². The fraction of sp³-hybridized carbons (Fsp3) is 0.500. The third-order valence-corrected chi connectivity index (χ3v) is 2.95. The van der Waals surface area contributed by atoms with Crippen LogP contribution in [-0.2, 0) is 11.2 Å². The molecule has 3 nitrogen and oxygen atoms in total. The molecule has 0 saturated heterocycles. The fourth-order valence-corrected chi connectivity index (χ4v) is 1.79. The van der Waals surface area contributed by atoms with Crippen molar-refractivity contribution in [2.75, 3.05) is 26.9 Å². The summed E-state index contributed by atoms with van der Waals surface area (Å²) in [5, 5.41) is 8.80. The summed E-state index contributed by atoms with van der Waals surface area (Å²) in [5.74, 6) is 0.841. The highest BCUT2D eigenvalue weighted by Gasteiger charge is 2.02. The molecule has 0 aromatic heterocycles. The molecule has 0 fully saturated rings. The molecule has 0 aliphatic carbocycles. The number of aliphatic hydroxyl groups excluding tert-OH is 1. The van der Waals surface area contributed by atoms with Crippen LogP contribution in [0.15, 0.2) is 22.7 Å². The Kier molecular flexibility index (Phi) is 6.45. The topological polar surface area (TPSA) is 38.7 Å². The molecule has 16 heavy (non-hydrogen) atoms. The van der Waals surface area contributed by atoms with E-state index in [4.69, 9.17) is 14.6 Å². The minimum absolute atomic E-state index is 0.210. The lowest BCUT2D eigenvalue weighted by Gasteiger charge is -2.09. The van der Waals surface area contributed by atoms with Gasteiger partial charge >= 0.3 is 0 Å². The fourth-order valence-electron chi connectivity index (χ4n) is 1.34. The molecule has 0 amide bonds. The summed E-state index contributed by atoms with van der Waals surface area (Å²) in [5.41, 5.74) is 1.16. The first-order valence-electron chi connectivity index (χ1n) is 5.29. The predicted molar refractivity (Wildman–Crippen MR) is 66.9 cm³/mol. The maximum absolute atomic E-state index is 8.80. The van der Waals surface area contributed by atoms with E-state index in [9.17, 15) is 0 Å². The van der Waals surface area contributed by atoms with Crippen LogP contribution in [0, 0.1) is 0 Å². The number of methoxy groups -OCH3 is 1. The molecule has 4 heteroatoms. The van der Waals surface area contributed by atoms with Crippen LogP contribution < -0.4 is 4.74 Å². The summed E-state index contributed by atoms with van der Waals surface area (Å²) in [6.45, 7) is 1.35. The second kappa shape index (κ2) is 7.65. The average Bonchev–Trinajstić information content (AvgIpc) is 2.30. The van der Waals surface area contributed by atoms with Gasteiger partial charge in [-0.15, -0.1) is 0 Å². The van der Waals surface area contributed by atoms with E-state index in [0.29, 0.717) is 13.2 Å². The minimum Gasteiger partial charge on any atom is -0.491 e. The van der Waals surface area contributed by atoms with Crippen molar-refractivity contribution in [1.82, 2.24) is 0 Å². The van der Waals surface area contributed by atoms with Gasteiger partial charge in [0.1, 0.15) is 12.4 Å². The van der Waals surface area contributed by atoms with Crippen LogP contribution in [0.2, 0.25) is 0 Å². The largest absolute Gasteiger partial charge is 0.491 e. The second-order valence-electron chi connectivity index (χ2n) is 3.42. The molecule has 0 heterocycles. The van der Waals surface area contributed by atoms with Gasteiger partial charge in [-0.1, -0.05) is 15.9 Å². The average molecular weight is 289 g/mol. The van der Waals surface area contributed by atoms with E-state index in [1.807, 2.05) is 18.2 Å². The highest BCUT2D eigenvalue weighted by atomic mass is 79.9. The molecular weight excluding hydrogens is 272 g/mol. The molecule has 1 N–H and O–H groups in total. The molecule has 1 aromatic rings. The highest BCUT2D eigenvalue weighted by molar-refractivity contribution is 9.10. The third-order valence-electron chi connectivity index (χ3n) is 2.18. The second-order valence-corrected chi connectivity index (χ2v) is 4.28. The van der Waals surface area contributed by atoms with Gasteiger partial charge < -0.3 is 14.6 Å². The maximum atomic E-state index is 8.80. The molecule has 0 atom stereocenters. The van der Waals surface area contributed by atoms with Gasteiger partial charge in [0.15, 0.2) is 0 Å². The molecule has 0 saturated carbocycles. The monoisotopic (exact) mass is 288 g/mol. The zero-order chi connectivity index (χ0) is 11.8. The van der Waals surface area contributed by atoms with Crippen LogP contribution in [0.5, 0.6) is 5.75 Å². The van der Waals surface area contributed by atoms with Crippen LogP contribution in [0.1, 0.15) is 12.0 Å². The lowest BCUT2D eigenvalue weighted by Crippen LogP contribution is -2.04. The van der Waals surface area contributed by atoms with Gasteiger partial charge in [-0.05, 0) is 36.6 Å².